The van der Waals surface area contributed by atoms with Gasteiger partial charge in [0.2, 0.25) is 10.0 Å². The van der Waals surface area contributed by atoms with E-state index in [1.807, 2.05) is 6.07 Å². The van der Waals surface area contributed by atoms with E-state index < -0.39 is 10.0 Å². The third kappa shape index (κ3) is 4.28. The fourth-order valence-electron chi connectivity index (χ4n) is 2.77. The average Bonchev–Trinajstić information content (AvgIpc) is 3.02. The van der Waals surface area contributed by atoms with Crippen LogP contribution in [0.15, 0.2) is 16.3 Å². The van der Waals surface area contributed by atoms with E-state index in [9.17, 15) is 8.42 Å². The summed E-state index contributed by atoms with van der Waals surface area (Å²) in [5.74, 6) is 1.00. The van der Waals surface area contributed by atoms with E-state index in [0.29, 0.717) is 16.0 Å². The third-order valence-electron chi connectivity index (χ3n) is 4.40. The minimum Gasteiger partial charge on any atom is -0.312 e. The Morgan fingerprint density at radius 1 is 1.29 bits per heavy atom. The summed E-state index contributed by atoms with van der Waals surface area (Å²) in [4.78, 5) is 1.07. The topological polar surface area (TPSA) is 58.2 Å². The minimum absolute atomic E-state index is 0.0776. The van der Waals surface area contributed by atoms with Crippen LogP contribution in [0.3, 0.4) is 0 Å². The standard InChI is InChI=1S/C15H26N2O2S2/c1-4-9-16-10-13-6-8-15(20-13)21(18,19)17-14-7-5-11(2)12(14)3/h6,8,11-12,14,16-17H,4-5,7,9-10H2,1-3H3. The smallest absolute Gasteiger partial charge is 0.250 e. The van der Waals surface area contributed by atoms with Crippen molar-refractivity contribution in [3.63, 3.8) is 0 Å². The van der Waals surface area contributed by atoms with Crippen LogP contribution < -0.4 is 10.0 Å². The molecule has 3 atom stereocenters. The van der Waals surface area contributed by atoms with Gasteiger partial charge in [0.05, 0.1) is 0 Å². The first-order valence-corrected chi connectivity index (χ1v) is 10.1. The van der Waals surface area contributed by atoms with Gasteiger partial charge in [0.25, 0.3) is 0 Å². The molecule has 1 saturated carbocycles. The molecule has 0 aromatic carbocycles. The van der Waals surface area contributed by atoms with Gasteiger partial charge in [-0.15, -0.1) is 11.3 Å². The molecule has 0 bridgehead atoms. The van der Waals surface area contributed by atoms with Gasteiger partial charge >= 0.3 is 0 Å². The molecule has 4 nitrogen and oxygen atoms in total. The van der Waals surface area contributed by atoms with Gasteiger partial charge in [0.15, 0.2) is 0 Å². The lowest BCUT2D eigenvalue weighted by Crippen LogP contribution is -2.36. The van der Waals surface area contributed by atoms with Crippen LogP contribution >= 0.6 is 11.3 Å². The SMILES string of the molecule is CCCNCc1ccc(S(=O)(=O)NC2CCC(C)C2C)s1. The molecular formula is C15H26N2O2S2. The van der Waals surface area contributed by atoms with E-state index in [0.717, 1.165) is 37.2 Å². The summed E-state index contributed by atoms with van der Waals surface area (Å²) in [7, 11) is -3.37. The molecule has 0 amide bonds. The maximum atomic E-state index is 12.5. The van der Waals surface area contributed by atoms with E-state index in [1.165, 1.54) is 11.3 Å². The molecule has 1 aliphatic rings. The van der Waals surface area contributed by atoms with Gasteiger partial charge in [0.1, 0.15) is 4.21 Å². The summed E-state index contributed by atoms with van der Waals surface area (Å²) in [5.41, 5.74) is 0. The Balaban J connectivity index is 1.99. The van der Waals surface area contributed by atoms with Gasteiger partial charge in [0, 0.05) is 17.5 Å². The minimum atomic E-state index is -3.37. The molecule has 6 heteroatoms. The molecule has 1 aromatic rings. The van der Waals surface area contributed by atoms with Gasteiger partial charge in [-0.2, -0.15) is 0 Å². The largest absolute Gasteiger partial charge is 0.312 e. The number of thiophene rings is 1. The fraction of sp³-hybridized carbons (Fsp3) is 0.733. The second-order valence-electron chi connectivity index (χ2n) is 6.04. The third-order valence-corrected chi connectivity index (χ3v) is 7.47. The Labute approximate surface area is 132 Å². The van der Waals surface area contributed by atoms with Crippen molar-refractivity contribution in [3.05, 3.63) is 17.0 Å². The molecule has 2 rings (SSSR count). The van der Waals surface area contributed by atoms with Crippen molar-refractivity contribution in [1.82, 2.24) is 10.0 Å². The molecule has 2 N–H and O–H groups in total. The van der Waals surface area contributed by atoms with Crippen LogP contribution in [0.25, 0.3) is 0 Å². The lowest BCUT2D eigenvalue weighted by atomic mass is 9.98. The molecule has 0 saturated heterocycles. The van der Waals surface area contributed by atoms with Crippen molar-refractivity contribution in [1.29, 1.82) is 0 Å². The zero-order chi connectivity index (χ0) is 15.5. The summed E-state index contributed by atoms with van der Waals surface area (Å²) in [6, 6.07) is 3.70. The predicted molar refractivity (Wildman–Crippen MR) is 88.0 cm³/mol. The normalized spacial score (nSPS) is 26.3. The molecule has 0 radical (unpaired) electrons. The van der Waals surface area contributed by atoms with Gasteiger partial charge < -0.3 is 5.32 Å². The van der Waals surface area contributed by atoms with Crippen LogP contribution in [0.2, 0.25) is 0 Å². The van der Waals surface area contributed by atoms with Crippen LogP contribution in [-0.4, -0.2) is 21.0 Å². The number of nitrogens with one attached hydrogen (secondary N) is 2. The Bertz CT molecular complexity index is 554. The Morgan fingerprint density at radius 2 is 2.05 bits per heavy atom. The number of rotatable bonds is 7. The van der Waals surface area contributed by atoms with E-state index >= 15 is 0 Å². The highest BCUT2D eigenvalue weighted by Crippen LogP contribution is 2.32. The van der Waals surface area contributed by atoms with Crippen molar-refractivity contribution in [2.75, 3.05) is 6.54 Å². The summed E-state index contributed by atoms with van der Waals surface area (Å²) < 4.78 is 28.3. The monoisotopic (exact) mass is 330 g/mol. The molecule has 21 heavy (non-hydrogen) atoms. The maximum Gasteiger partial charge on any atom is 0.250 e. The lowest BCUT2D eigenvalue weighted by Gasteiger charge is -2.19. The molecule has 1 aliphatic carbocycles. The zero-order valence-corrected chi connectivity index (χ0v) is 14.7. The highest BCUT2D eigenvalue weighted by atomic mass is 32.2. The molecule has 0 aliphatic heterocycles. The highest BCUT2D eigenvalue weighted by Gasteiger charge is 2.33. The second-order valence-corrected chi connectivity index (χ2v) is 9.15. The van der Waals surface area contributed by atoms with Gasteiger partial charge in [-0.1, -0.05) is 20.8 Å². The van der Waals surface area contributed by atoms with Crippen LogP contribution in [0.4, 0.5) is 0 Å². The summed E-state index contributed by atoms with van der Waals surface area (Å²) in [5, 5.41) is 3.30. The van der Waals surface area contributed by atoms with E-state index in [4.69, 9.17) is 0 Å². The first kappa shape index (κ1) is 16.9. The number of sulfonamides is 1. The molecule has 3 unspecified atom stereocenters. The van der Waals surface area contributed by atoms with Crippen LogP contribution in [0, 0.1) is 11.8 Å². The summed E-state index contributed by atoms with van der Waals surface area (Å²) >= 11 is 1.36. The number of hydrogen-bond donors (Lipinski definition) is 2. The second kappa shape index (κ2) is 7.22. The van der Waals surface area contributed by atoms with E-state index in [-0.39, 0.29) is 6.04 Å². The Hall–Kier alpha value is -0.430. The lowest BCUT2D eigenvalue weighted by molar-refractivity contribution is 0.402. The molecule has 1 heterocycles. The molecule has 120 valence electrons. The fourth-order valence-corrected chi connectivity index (χ4v) is 5.48. The summed E-state index contributed by atoms with van der Waals surface area (Å²) in [6.45, 7) is 8.15. The van der Waals surface area contributed by atoms with Crippen LogP contribution in [0.1, 0.15) is 44.9 Å². The molecular weight excluding hydrogens is 304 g/mol. The zero-order valence-electron chi connectivity index (χ0n) is 13.1. The Morgan fingerprint density at radius 3 is 2.67 bits per heavy atom. The van der Waals surface area contributed by atoms with Gasteiger partial charge in [-0.25, -0.2) is 13.1 Å². The maximum absolute atomic E-state index is 12.5. The van der Waals surface area contributed by atoms with Gasteiger partial charge in [-0.05, 0) is 49.8 Å². The van der Waals surface area contributed by atoms with Crippen molar-refractivity contribution >= 4 is 21.4 Å². The molecule has 0 spiro atoms. The molecule has 1 fully saturated rings. The van der Waals surface area contributed by atoms with Crippen molar-refractivity contribution in [3.8, 4) is 0 Å². The number of hydrogen-bond acceptors (Lipinski definition) is 4. The van der Waals surface area contributed by atoms with E-state index in [1.54, 1.807) is 6.07 Å². The quantitative estimate of drug-likeness (QED) is 0.756. The van der Waals surface area contributed by atoms with Gasteiger partial charge in [-0.3, -0.25) is 0 Å². The van der Waals surface area contributed by atoms with Crippen molar-refractivity contribution in [2.24, 2.45) is 11.8 Å². The van der Waals surface area contributed by atoms with Crippen LogP contribution in [0.5, 0.6) is 0 Å². The van der Waals surface area contributed by atoms with E-state index in [2.05, 4.69) is 30.8 Å². The first-order chi connectivity index (χ1) is 9.94. The summed E-state index contributed by atoms with van der Waals surface area (Å²) in [6.07, 6.45) is 3.12. The van der Waals surface area contributed by atoms with Crippen molar-refractivity contribution in [2.45, 2.75) is 56.8 Å². The predicted octanol–water partition coefficient (Wildman–Crippen LogP) is 2.96. The highest BCUT2D eigenvalue weighted by molar-refractivity contribution is 7.91. The van der Waals surface area contributed by atoms with Crippen molar-refractivity contribution < 1.29 is 8.42 Å². The van der Waals surface area contributed by atoms with Crippen LogP contribution in [-0.2, 0) is 16.6 Å². The molecule has 1 aromatic heterocycles. The Kier molecular flexibility index (Phi) is 5.82. The average molecular weight is 331 g/mol. The first-order valence-electron chi connectivity index (χ1n) is 7.75.